The van der Waals surface area contributed by atoms with Crippen LogP contribution in [0.15, 0.2) is 47.4 Å². The van der Waals surface area contributed by atoms with Crippen molar-refractivity contribution in [2.45, 2.75) is 4.90 Å². The van der Waals surface area contributed by atoms with Gasteiger partial charge >= 0.3 is 5.97 Å². The van der Waals surface area contributed by atoms with Crippen LogP contribution < -0.4 is 5.32 Å². The highest BCUT2D eigenvalue weighted by atomic mass is 35.5. The summed E-state index contributed by atoms with van der Waals surface area (Å²) in [5.74, 6) is -1.32. The zero-order valence-electron chi connectivity index (χ0n) is 14.4. The van der Waals surface area contributed by atoms with Gasteiger partial charge in [-0.1, -0.05) is 23.2 Å². The average molecular weight is 431 g/mol. The molecule has 0 bridgehead atoms. The zero-order chi connectivity index (χ0) is 20.2. The number of nitrogens with zero attached hydrogens (tertiary/aromatic N) is 1. The molecule has 2 aromatic rings. The van der Waals surface area contributed by atoms with E-state index < -0.39 is 28.5 Å². The van der Waals surface area contributed by atoms with Gasteiger partial charge in [-0.2, -0.15) is 0 Å². The monoisotopic (exact) mass is 430 g/mol. The highest BCUT2D eigenvalue weighted by Gasteiger charge is 2.21. The second-order valence-corrected chi connectivity index (χ2v) is 8.53. The number of rotatable bonds is 6. The lowest BCUT2D eigenvalue weighted by atomic mass is 10.2. The van der Waals surface area contributed by atoms with Gasteiger partial charge in [0.25, 0.3) is 5.91 Å². The summed E-state index contributed by atoms with van der Waals surface area (Å²) in [5.41, 5.74) is 0.449. The Morgan fingerprint density at radius 2 is 1.70 bits per heavy atom. The fourth-order valence-electron chi connectivity index (χ4n) is 1.97. The van der Waals surface area contributed by atoms with Gasteiger partial charge in [0.2, 0.25) is 10.0 Å². The molecule has 2 aromatic carbocycles. The smallest absolute Gasteiger partial charge is 0.338 e. The van der Waals surface area contributed by atoms with E-state index in [0.717, 1.165) is 4.31 Å². The van der Waals surface area contributed by atoms with Crippen LogP contribution >= 0.6 is 23.2 Å². The van der Waals surface area contributed by atoms with Gasteiger partial charge in [0.1, 0.15) is 4.90 Å². The van der Waals surface area contributed by atoms with E-state index in [1.54, 1.807) is 0 Å². The van der Waals surface area contributed by atoms with Crippen molar-refractivity contribution < 1.29 is 22.7 Å². The van der Waals surface area contributed by atoms with Crippen molar-refractivity contribution in [2.24, 2.45) is 0 Å². The fourth-order valence-corrected chi connectivity index (χ4v) is 3.49. The largest absolute Gasteiger partial charge is 0.452 e. The predicted octanol–water partition coefficient (Wildman–Crippen LogP) is 3.04. The highest BCUT2D eigenvalue weighted by Crippen LogP contribution is 2.26. The number of sulfonamides is 1. The third kappa shape index (κ3) is 5.43. The molecule has 0 aromatic heterocycles. The van der Waals surface area contributed by atoms with Crippen molar-refractivity contribution in [3.05, 3.63) is 58.1 Å². The first kappa shape index (κ1) is 21.2. The fraction of sp³-hybridized carbons (Fsp3) is 0.176. The van der Waals surface area contributed by atoms with Gasteiger partial charge in [-0.25, -0.2) is 17.5 Å². The van der Waals surface area contributed by atoms with Crippen molar-refractivity contribution >= 4 is 50.8 Å². The molecule has 0 aliphatic carbocycles. The van der Waals surface area contributed by atoms with Crippen LogP contribution in [0.5, 0.6) is 0 Å². The molecule has 0 saturated heterocycles. The van der Waals surface area contributed by atoms with E-state index in [0.29, 0.717) is 5.02 Å². The standard InChI is InChI=1S/C17H16Cl2N2O5S/c1-21(2)27(24,25)15-9-13(7-8-14(15)19)20-16(22)10-26-17(23)11-3-5-12(18)6-4-11/h3-9H,10H2,1-2H3,(H,20,22). The maximum absolute atomic E-state index is 12.2. The van der Waals surface area contributed by atoms with Gasteiger partial charge in [0, 0.05) is 24.8 Å². The van der Waals surface area contributed by atoms with Gasteiger partial charge in [0.15, 0.2) is 6.61 Å². The number of anilines is 1. The number of amides is 1. The van der Waals surface area contributed by atoms with Gasteiger partial charge in [-0.15, -0.1) is 0 Å². The molecular weight excluding hydrogens is 415 g/mol. The third-order valence-electron chi connectivity index (χ3n) is 3.39. The summed E-state index contributed by atoms with van der Waals surface area (Å²) in [4.78, 5) is 23.7. The first-order chi connectivity index (χ1) is 12.6. The van der Waals surface area contributed by atoms with E-state index in [9.17, 15) is 18.0 Å². The van der Waals surface area contributed by atoms with Crippen LogP contribution in [0.3, 0.4) is 0 Å². The predicted molar refractivity (Wildman–Crippen MR) is 103 cm³/mol. The molecule has 0 heterocycles. The van der Waals surface area contributed by atoms with Crippen LogP contribution in [0.25, 0.3) is 0 Å². The van der Waals surface area contributed by atoms with Crippen molar-refractivity contribution in [1.82, 2.24) is 4.31 Å². The Kier molecular flexibility index (Phi) is 6.83. The van der Waals surface area contributed by atoms with Crippen LogP contribution in [-0.2, 0) is 19.6 Å². The quantitative estimate of drug-likeness (QED) is 0.710. The molecule has 0 radical (unpaired) electrons. The number of halogens is 2. The van der Waals surface area contributed by atoms with Crippen molar-refractivity contribution in [2.75, 3.05) is 26.0 Å². The lowest BCUT2D eigenvalue weighted by Gasteiger charge is -2.14. The summed E-state index contributed by atoms with van der Waals surface area (Å²) < 4.78 is 30.4. The maximum Gasteiger partial charge on any atom is 0.338 e. The Balaban J connectivity index is 2.04. The summed E-state index contributed by atoms with van der Waals surface area (Å²) in [6, 6.07) is 10.0. The zero-order valence-corrected chi connectivity index (χ0v) is 16.7. The van der Waals surface area contributed by atoms with E-state index in [1.165, 1.54) is 56.6 Å². The molecule has 0 saturated carbocycles. The number of carbonyl (C=O) groups is 2. The molecule has 1 amide bonds. The number of benzene rings is 2. The second-order valence-electron chi connectivity index (χ2n) is 5.56. The molecule has 0 unspecified atom stereocenters. The summed E-state index contributed by atoms with van der Waals surface area (Å²) in [6.45, 7) is -0.542. The number of ether oxygens (including phenoxy) is 1. The first-order valence-electron chi connectivity index (χ1n) is 7.56. The molecule has 0 atom stereocenters. The molecule has 0 spiro atoms. The number of nitrogens with one attached hydrogen (secondary N) is 1. The molecule has 0 aliphatic rings. The van der Waals surface area contributed by atoms with Crippen molar-refractivity contribution in [3.63, 3.8) is 0 Å². The van der Waals surface area contributed by atoms with Crippen LogP contribution in [0.2, 0.25) is 10.0 Å². The topological polar surface area (TPSA) is 92.8 Å². The molecule has 0 aliphatic heterocycles. The van der Waals surface area contributed by atoms with E-state index in [2.05, 4.69) is 5.32 Å². The van der Waals surface area contributed by atoms with Crippen molar-refractivity contribution in [1.29, 1.82) is 0 Å². The number of hydrogen-bond donors (Lipinski definition) is 1. The molecule has 0 fully saturated rings. The normalized spacial score (nSPS) is 11.3. The van der Waals surface area contributed by atoms with Crippen LogP contribution in [0.1, 0.15) is 10.4 Å². The van der Waals surface area contributed by atoms with E-state index in [4.69, 9.17) is 27.9 Å². The number of hydrogen-bond acceptors (Lipinski definition) is 5. The first-order valence-corrected chi connectivity index (χ1v) is 9.75. The molecular formula is C17H16Cl2N2O5S. The summed E-state index contributed by atoms with van der Waals surface area (Å²) in [7, 11) is -1.04. The molecule has 144 valence electrons. The lowest BCUT2D eigenvalue weighted by molar-refractivity contribution is -0.119. The minimum Gasteiger partial charge on any atom is -0.452 e. The van der Waals surface area contributed by atoms with Crippen LogP contribution in [0.4, 0.5) is 5.69 Å². The molecule has 7 nitrogen and oxygen atoms in total. The Morgan fingerprint density at radius 3 is 2.30 bits per heavy atom. The van der Waals surface area contributed by atoms with Crippen LogP contribution in [0, 0.1) is 0 Å². The van der Waals surface area contributed by atoms with E-state index in [1.807, 2.05) is 0 Å². The number of carbonyl (C=O) groups excluding carboxylic acids is 2. The number of esters is 1. The van der Waals surface area contributed by atoms with Gasteiger partial charge in [-0.3, -0.25) is 4.79 Å². The summed E-state index contributed by atoms with van der Waals surface area (Å²) in [5, 5.41) is 2.95. The SMILES string of the molecule is CN(C)S(=O)(=O)c1cc(NC(=O)COC(=O)c2ccc(Cl)cc2)ccc1Cl. The van der Waals surface area contributed by atoms with Gasteiger partial charge in [-0.05, 0) is 42.5 Å². The van der Waals surface area contributed by atoms with Crippen LogP contribution in [-0.4, -0.2) is 45.3 Å². The Bertz CT molecular complexity index is 960. The minimum absolute atomic E-state index is 0.0239. The average Bonchev–Trinajstić information content (AvgIpc) is 2.61. The molecule has 27 heavy (non-hydrogen) atoms. The summed E-state index contributed by atoms with van der Waals surface area (Å²) in [6.07, 6.45) is 0. The van der Waals surface area contributed by atoms with Gasteiger partial charge in [0.05, 0.1) is 10.6 Å². The maximum atomic E-state index is 12.2. The Labute approximate surface area is 166 Å². The van der Waals surface area contributed by atoms with Crippen molar-refractivity contribution in [3.8, 4) is 0 Å². The molecule has 2 rings (SSSR count). The Hall–Kier alpha value is -2.13. The summed E-state index contributed by atoms with van der Waals surface area (Å²) >= 11 is 11.7. The molecule has 10 heteroatoms. The minimum atomic E-state index is -3.78. The van der Waals surface area contributed by atoms with Gasteiger partial charge < -0.3 is 10.1 Å². The van der Waals surface area contributed by atoms with E-state index in [-0.39, 0.29) is 21.2 Å². The second kappa shape index (κ2) is 8.71. The Morgan fingerprint density at radius 1 is 1.07 bits per heavy atom. The highest BCUT2D eigenvalue weighted by molar-refractivity contribution is 7.89. The third-order valence-corrected chi connectivity index (χ3v) is 5.94. The van der Waals surface area contributed by atoms with E-state index >= 15 is 0 Å². The molecule has 1 N–H and O–H groups in total. The lowest BCUT2D eigenvalue weighted by Crippen LogP contribution is -2.23.